The fraction of sp³-hybridized carbons (Fsp3) is 0.643. The Morgan fingerprint density at radius 2 is 1.81 bits per heavy atom. The average molecular weight is 290 g/mol. The zero-order chi connectivity index (χ0) is 14.8. The van der Waals surface area contributed by atoms with Crippen molar-refractivity contribution in [2.45, 2.75) is 26.2 Å². The Kier molecular flexibility index (Phi) is 4.03. The zero-order valence-corrected chi connectivity index (χ0v) is 12.5. The number of piperazine rings is 1. The van der Waals surface area contributed by atoms with Crippen molar-refractivity contribution in [2.75, 3.05) is 31.1 Å². The highest BCUT2D eigenvalue weighted by Gasteiger charge is 2.34. The van der Waals surface area contributed by atoms with E-state index in [1.807, 2.05) is 13.0 Å². The Bertz CT molecular complexity index is 487. The molecule has 0 bridgehead atoms. The van der Waals surface area contributed by atoms with Gasteiger partial charge in [-0.25, -0.2) is 9.97 Å². The molecule has 0 radical (unpaired) electrons. The lowest BCUT2D eigenvalue weighted by atomic mass is 10.0. The first-order valence-corrected chi connectivity index (χ1v) is 7.47. The van der Waals surface area contributed by atoms with Crippen LogP contribution in [0.15, 0.2) is 18.5 Å². The third-order valence-corrected chi connectivity index (χ3v) is 4.38. The van der Waals surface area contributed by atoms with Gasteiger partial charge in [0.1, 0.15) is 6.29 Å². The molecule has 2 saturated heterocycles. The van der Waals surface area contributed by atoms with Crippen LogP contribution in [0.5, 0.6) is 0 Å². The second-order valence-corrected chi connectivity index (χ2v) is 5.73. The van der Waals surface area contributed by atoms with Crippen LogP contribution in [-0.4, -0.2) is 59.3 Å². The van der Waals surface area contributed by atoms with E-state index in [0.29, 0.717) is 0 Å². The SMILES string of the molecule is CC1NC(N2CCN(c3ncccn3)CC2)NC(=O)C1C. The Balaban J connectivity index is 1.58. The number of carbonyl (C=O) groups excluding carboxylic acids is 1. The summed E-state index contributed by atoms with van der Waals surface area (Å²) < 4.78 is 0. The first-order valence-electron chi connectivity index (χ1n) is 7.47. The van der Waals surface area contributed by atoms with Gasteiger partial charge in [-0.2, -0.15) is 0 Å². The van der Waals surface area contributed by atoms with E-state index in [2.05, 4.69) is 37.3 Å². The van der Waals surface area contributed by atoms with Crippen molar-refractivity contribution >= 4 is 11.9 Å². The average Bonchev–Trinajstić information content (AvgIpc) is 2.53. The molecule has 3 atom stereocenters. The third kappa shape index (κ3) is 2.98. The van der Waals surface area contributed by atoms with Gasteiger partial charge in [-0.15, -0.1) is 0 Å². The van der Waals surface area contributed by atoms with E-state index < -0.39 is 0 Å². The number of aromatic nitrogens is 2. The van der Waals surface area contributed by atoms with Gasteiger partial charge >= 0.3 is 0 Å². The first kappa shape index (κ1) is 14.2. The Morgan fingerprint density at radius 3 is 2.43 bits per heavy atom. The number of rotatable bonds is 2. The maximum Gasteiger partial charge on any atom is 0.226 e. The Hall–Kier alpha value is -1.73. The fourth-order valence-electron chi connectivity index (χ4n) is 2.76. The summed E-state index contributed by atoms with van der Waals surface area (Å²) in [5.41, 5.74) is 0. The highest BCUT2D eigenvalue weighted by molar-refractivity contribution is 5.80. The smallest absolute Gasteiger partial charge is 0.226 e. The molecular formula is C14H22N6O. The predicted octanol–water partition coefficient (Wildman–Crippen LogP) is -0.374. The quantitative estimate of drug-likeness (QED) is 0.774. The lowest BCUT2D eigenvalue weighted by Crippen LogP contribution is -2.68. The number of anilines is 1. The molecule has 2 N–H and O–H groups in total. The number of nitrogens with zero attached hydrogens (tertiary/aromatic N) is 4. The van der Waals surface area contributed by atoms with Crippen LogP contribution < -0.4 is 15.5 Å². The minimum absolute atomic E-state index is 0.0141. The maximum atomic E-state index is 11.9. The molecule has 2 fully saturated rings. The van der Waals surface area contributed by atoms with E-state index in [4.69, 9.17) is 0 Å². The molecule has 3 unspecified atom stereocenters. The molecule has 0 spiro atoms. The number of amides is 1. The van der Waals surface area contributed by atoms with Crippen LogP contribution in [0.25, 0.3) is 0 Å². The van der Waals surface area contributed by atoms with Gasteiger partial charge in [0.15, 0.2) is 0 Å². The van der Waals surface area contributed by atoms with Crippen molar-refractivity contribution in [3.8, 4) is 0 Å². The topological polar surface area (TPSA) is 73.4 Å². The van der Waals surface area contributed by atoms with Gasteiger partial charge < -0.3 is 10.2 Å². The van der Waals surface area contributed by atoms with Crippen LogP contribution in [0.2, 0.25) is 0 Å². The molecule has 114 valence electrons. The molecule has 2 aliphatic heterocycles. The minimum Gasteiger partial charge on any atom is -0.338 e. The van der Waals surface area contributed by atoms with Crippen LogP contribution in [-0.2, 0) is 4.79 Å². The zero-order valence-electron chi connectivity index (χ0n) is 12.5. The highest BCUT2D eigenvalue weighted by atomic mass is 16.2. The molecule has 2 aliphatic rings. The van der Waals surface area contributed by atoms with Gasteiger partial charge in [-0.05, 0) is 13.0 Å². The van der Waals surface area contributed by atoms with Crippen molar-refractivity contribution in [3.05, 3.63) is 18.5 Å². The third-order valence-electron chi connectivity index (χ3n) is 4.38. The number of hydrogen-bond donors (Lipinski definition) is 2. The van der Waals surface area contributed by atoms with E-state index in [0.717, 1.165) is 32.1 Å². The van der Waals surface area contributed by atoms with Crippen molar-refractivity contribution < 1.29 is 4.79 Å². The molecule has 1 aromatic rings. The molecule has 7 heteroatoms. The van der Waals surface area contributed by atoms with Crippen LogP contribution in [0.1, 0.15) is 13.8 Å². The van der Waals surface area contributed by atoms with E-state index in [-0.39, 0.29) is 24.2 Å². The second kappa shape index (κ2) is 5.95. The summed E-state index contributed by atoms with van der Waals surface area (Å²) in [6.07, 6.45) is 3.46. The number of hydrogen-bond acceptors (Lipinski definition) is 6. The first-order chi connectivity index (χ1) is 10.1. The highest BCUT2D eigenvalue weighted by Crippen LogP contribution is 2.14. The molecule has 7 nitrogen and oxygen atoms in total. The predicted molar refractivity (Wildman–Crippen MR) is 79.5 cm³/mol. The Labute approximate surface area is 124 Å². The fourth-order valence-corrected chi connectivity index (χ4v) is 2.76. The summed E-state index contributed by atoms with van der Waals surface area (Å²) in [6.45, 7) is 7.48. The minimum atomic E-state index is -0.0671. The second-order valence-electron chi connectivity index (χ2n) is 5.73. The number of carbonyl (C=O) groups is 1. The van der Waals surface area contributed by atoms with E-state index in [1.165, 1.54) is 0 Å². The van der Waals surface area contributed by atoms with E-state index >= 15 is 0 Å². The van der Waals surface area contributed by atoms with Crippen LogP contribution in [0, 0.1) is 5.92 Å². The lowest BCUT2D eigenvalue weighted by molar-refractivity contribution is -0.131. The molecule has 0 aromatic carbocycles. The molecule has 1 aromatic heterocycles. The van der Waals surface area contributed by atoms with Crippen molar-refractivity contribution in [3.63, 3.8) is 0 Å². The van der Waals surface area contributed by atoms with Gasteiger partial charge in [-0.3, -0.25) is 15.0 Å². The van der Waals surface area contributed by atoms with E-state index in [9.17, 15) is 4.79 Å². The summed E-state index contributed by atoms with van der Waals surface area (Å²) >= 11 is 0. The molecular weight excluding hydrogens is 268 g/mol. The summed E-state index contributed by atoms with van der Waals surface area (Å²) in [5.74, 6) is 0.917. The van der Waals surface area contributed by atoms with Crippen LogP contribution in [0.3, 0.4) is 0 Å². The molecule has 3 rings (SSSR count). The van der Waals surface area contributed by atoms with Crippen molar-refractivity contribution in [1.82, 2.24) is 25.5 Å². The standard InChI is InChI=1S/C14H22N6O/c1-10-11(2)17-14(18-12(10)21)20-8-6-19(7-9-20)13-15-4-3-5-16-13/h3-5,10-11,14,17H,6-9H2,1-2H3,(H,18,21). The van der Waals surface area contributed by atoms with Crippen molar-refractivity contribution in [1.29, 1.82) is 0 Å². The van der Waals surface area contributed by atoms with Gasteiger partial charge in [0, 0.05) is 44.6 Å². The van der Waals surface area contributed by atoms with Crippen molar-refractivity contribution in [2.24, 2.45) is 5.92 Å². The molecule has 3 heterocycles. The van der Waals surface area contributed by atoms with Gasteiger partial charge in [0.05, 0.1) is 5.92 Å². The van der Waals surface area contributed by atoms with Crippen LogP contribution >= 0.6 is 0 Å². The van der Waals surface area contributed by atoms with E-state index in [1.54, 1.807) is 12.4 Å². The van der Waals surface area contributed by atoms with Gasteiger partial charge in [0.2, 0.25) is 11.9 Å². The largest absolute Gasteiger partial charge is 0.338 e. The summed E-state index contributed by atoms with van der Waals surface area (Å²) in [5, 5.41) is 6.51. The van der Waals surface area contributed by atoms with Crippen LogP contribution in [0.4, 0.5) is 5.95 Å². The van der Waals surface area contributed by atoms with Gasteiger partial charge in [0.25, 0.3) is 0 Å². The monoisotopic (exact) mass is 290 g/mol. The molecule has 1 amide bonds. The lowest BCUT2D eigenvalue weighted by Gasteiger charge is -2.43. The maximum absolute atomic E-state index is 11.9. The normalized spacial score (nSPS) is 31.0. The number of nitrogens with one attached hydrogen (secondary N) is 2. The summed E-state index contributed by atoms with van der Waals surface area (Å²) in [4.78, 5) is 24.9. The summed E-state index contributed by atoms with van der Waals surface area (Å²) in [6, 6.07) is 2.02. The van der Waals surface area contributed by atoms with Gasteiger partial charge in [-0.1, -0.05) is 6.92 Å². The summed E-state index contributed by atoms with van der Waals surface area (Å²) in [7, 11) is 0. The molecule has 0 aliphatic carbocycles. The molecule has 21 heavy (non-hydrogen) atoms. The molecule has 0 saturated carbocycles. The Morgan fingerprint density at radius 1 is 1.14 bits per heavy atom.